The summed E-state index contributed by atoms with van der Waals surface area (Å²) < 4.78 is 5.42. The second-order valence-corrected chi connectivity index (χ2v) is 6.09. The lowest BCUT2D eigenvalue weighted by atomic mass is 10.0. The SMILES string of the molecule is O[C@H]1[C@H](O)COC(Nc2ccccc2-c2nc3ccccc3[nH]2)[C@@H]1O. The number of fused-ring (bicyclic) bond motifs is 1. The minimum absolute atomic E-state index is 0.0529. The zero-order valence-corrected chi connectivity index (χ0v) is 13.3. The lowest BCUT2D eigenvalue weighted by Crippen LogP contribution is -2.55. The lowest BCUT2D eigenvalue weighted by molar-refractivity contribution is -0.178. The number of ether oxygens (including phenoxy) is 1. The summed E-state index contributed by atoms with van der Waals surface area (Å²) >= 11 is 0. The normalized spacial score (nSPS) is 26.7. The van der Waals surface area contributed by atoms with Crippen LogP contribution in [0.25, 0.3) is 22.4 Å². The van der Waals surface area contributed by atoms with E-state index in [-0.39, 0.29) is 6.61 Å². The molecule has 4 rings (SSSR count). The second-order valence-electron chi connectivity index (χ2n) is 6.09. The van der Waals surface area contributed by atoms with E-state index in [1.165, 1.54) is 0 Å². The minimum Gasteiger partial charge on any atom is -0.388 e. The Morgan fingerprint density at radius 3 is 2.60 bits per heavy atom. The molecule has 1 saturated heterocycles. The number of hydrogen-bond acceptors (Lipinski definition) is 6. The van der Waals surface area contributed by atoms with E-state index in [1.54, 1.807) is 0 Å². The van der Waals surface area contributed by atoms with Gasteiger partial charge in [0.05, 0.1) is 17.6 Å². The number of imidazole rings is 1. The van der Waals surface area contributed by atoms with Crippen LogP contribution in [0, 0.1) is 0 Å². The van der Waals surface area contributed by atoms with Crippen LogP contribution in [-0.4, -0.2) is 56.4 Å². The molecular formula is C18H19N3O4. The molecule has 0 saturated carbocycles. The highest BCUT2D eigenvalue weighted by molar-refractivity contribution is 5.83. The monoisotopic (exact) mass is 341 g/mol. The lowest BCUT2D eigenvalue weighted by Gasteiger charge is -2.36. The number of aromatic amines is 1. The molecule has 4 atom stereocenters. The standard InChI is InChI=1S/C18H19N3O4/c22-14-9-25-18(16(24)15(14)23)21-11-6-2-1-5-10(11)17-19-12-7-3-4-8-13(12)20-17/h1-8,14-16,18,21-24H,9H2,(H,19,20)/t14-,15+,16-,18?/m1/s1. The molecule has 0 amide bonds. The van der Waals surface area contributed by atoms with Crippen LogP contribution in [0.15, 0.2) is 48.5 Å². The van der Waals surface area contributed by atoms with Crippen LogP contribution in [0.4, 0.5) is 5.69 Å². The molecule has 7 heteroatoms. The summed E-state index contributed by atoms with van der Waals surface area (Å²) in [5.41, 5.74) is 3.31. The maximum Gasteiger partial charge on any atom is 0.156 e. The van der Waals surface area contributed by atoms with Gasteiger partial charge in [-0.1, -0.05) is 24.3 Å². The number of H-pyrrole nitrogens is 1. The Hall–Kier alpha value is -2.45. The third-order valence-electron chi connectivity index (χ3n) is 4.37. The number of benzene rings is 2. The number of hydrogen-bond donors (Lipinski definition) is 5. The molecule has 0 bridgehead atoms. The fourth-order valence-corrected chi connectivity index (χ4v) is 2.98. The molecule has 1 aromatic heterocycles. The summed E-state index contributed by atoms with van der Waals surface area (Å²) in [6.07, 6.45) is -4.43. The van der Waals surface area contributed by atoms with Crippen molar-refractivity contribution in [3.05, 3.63) is 48.5 Å². The Morgan fingerprint density at radius 1 is 1.00 bits per heavy atom. The van der Waals surface area contributed by atoms with Crippen LogP contribution in [0.5, 0.6) is 0 Å². The van der Waals surface area contributed by atoms with Crippen molar-refractivity contribution in [2.24, 2.45) is 0 Å². The third-order valence-corrected chi connectivity index (χ3v) is 4.37. The molecule has 1 aliphatic rings. The van der Waals surface area contributed by atoms with Gasteiger partial charge in [0.15, 0.2) is 6.23 Å². The van der Waals surface area contributed by atoms with Gasteiger partial charge in [-0.2, -0.15) is 0 Å². The molecule has 1 fully saturated rings. The van der Waals surface area contributed by atoms with Crippen molar-refractivity contribution >= 4 is 16.7 Å². The van der Waals surface area contributed by atoms with Gasteiger partial charge < -0.3 is 30.4 Å². The van der Waals surface area contributed by atoms with E-state index in [1.807, 2.05) is 48.5 Å². The molecule has 130 valence electrons. The maximum atomic E-state index is 10.1. The minimum atomic E-state index is -1.26. The number of nitrogens with zero attached hydrogens (tertiary/aromatic N) is 1. The molecule has 1 aliphatic heterocycles. The van der Waals surface area contributed by atoms with Crippen LogP contribution in [0.3, 0.4) is 0 Å². The second kappa shape index (κ2) is 6.45. The topological polar surface area (TPSA) is 111 Å². The first-order valence-electron chi connectivity index (χ1n) is 8.10. The molecule has 3 aromatic rings. The number of anilines is 1. The first-order valence-corrected chi connectivity index (χ1v) is 8.10. The van der Waals surface area contributed by atoms with E-state index in [4.69, 9.17) is 4.74 Å². The molecule has 25 heavy (non-hydrogen) atoms. The molecule has 0 spiro atoms. The fourth-order valence-electron chi connectivity index (χ4n) is 2.98. The average molecular weight is 341 g/mol. The highest BCUT2D eigenvalue weighted by Gasteiger charge is 2.37. The van der Waals surface area contributed by atoms with E-state index in [9.17, 15) is 15.3 Å². The zero-order valence-electron chi connectivity index (χ0n) is 13.3. The third kappa shape index (κ3) is 2.98. The highest BCUT2D eigenvalue weighted by atomic mass is 16.5. The van der Waals surface area contributed by atoms with Crippen molar-refractivity contribution in [3.63, 3.8) is 0 Å². The predicted molar refractivity (Wildman–Crippen MR) is 92.9 cm³/mol. The van der Waals surface area contributed by atoms with Gasteiger partial charge in [-0.25, -0.2) is 4.98 Å². The van der Waals surface area contributed by atoms with Crippen molar-refractivity contribution in [1.82, 2.24) is 9.97 Å². The van der Waals surface area contributed by atoms with Crippen molar-refractivity contribution in [1.29, 1.82) is 0 Å². The summed E-state index contributed by atoms with van der Waals surface area (Å²) in [7, 11) is 0. The van der Waals surface area contributed by atoms with Gasteiger partial charge in [-0.15, -0.1) is 0 Å². The van der Waals surface area contributed by atoms with Gasteiger partial charge in [0, 0.05) is 11.3 Å². The van der Waals surface area contributed by atoms with Gasteiger partial charge in [0.1, 0.15) is 24.1 Å². The Balaban J connectivity index is 1.65. The number of para-hydroxylation sites is 3. The summed E-state index contributed by atoms with van der Waals surface area (Å²) in [6, 6.07) is 15.2. The quantitative estimate of drug-likeness (QED) is 0.488. The number of aliphatic hydroxyl groups is 3. The summed E-state index contributed by atoms with van der Waals surface area (Å²) in [5.74, 6) is 0.690. The number of aliphatic hydroxyl groups excluding tert-OH is 3. The predicted octanol–water partition coefficient (Wildman–Crippen LogP) is 1.08. The Labute approximate surface area is 143 Å². The Bertz CT molecular complexity index is 848. The van der Waals surface area contributed by atoms with Gasteiger partial charge >= 0.3 is 0 Å². The van der Waals surface area contributed by atoms with Gasteiger partial charge in [-0.05, 0) is 24.3 Å². The zero-order chi connectivity index (χ0) is 17.4. The Morgan fingerprint density at radius 2 is 1.76 bits per heavy atom. The van der Waals surface area contributed by atoms with Crippen LogP contribution in [0.1, 0.15) is 0 Å². The smallest absolute Gasteiger partial charge is 0.156 e. The van der Waals surface area contributed by atoms with Crippen molar-refractivity contribution < 1.29 is 20.1 Å². The molecule has 1 unspecified atom stereocenters. The molecule has 2 aromatic carbocycles. The number of aromatic nitrogens is 2. The molecule has 2 heterocycles. The van der Waals surface area contributed by atoms with E-state index in [2.05, 4.69) is 15.3 Å². The van der Waals surface area contributed by atoms with Gasteiger partial charge in [-0.3, -0.25) is 0 Å². The molecular weight excluding hydrogens is 322 g/mol. The summed E-state index contributed by atoms with van der Waals surface area (Å²) in [5, 5.41) is 32.6. The first kappa shape index (κ1) is 16.0. The van der Waals surface area contributed by atoms with Crippen LogP contribution < -0.4 is 5.32 Å². The first-order chi connectivity index (χ1) is 12.1. The van der Waals surface area contributed by atoms with Crippen molar-refractivity contribution in [3.8, 4) is 11.4 Å². The average Bonchev–Trinajstić information content (AvgIpc) is 3.06. The van der Waals surface area contributed by atoms with E-state index < -0.39 is 24.5 Å². The van der Waals surface area contributed by atoms with Crippen LogP contribution >= 0.6 is 0 Å². The highest BCUT2D eigenvalue weighted by Crippen LogP contribution is 2.29. The maximum absolute atomic E-state index is 10.1. The molecule has 7 nitrogen and oxygen atoms in total. The Kier molecular flexibility index (Phi) is 4.14. The summed E-state index contributed by atoms with van der Waals surface area (Å²) in [4.78, 5) is 7.87. The van der Waals surface area contributed by atoms with Crippen molar-refractivity contribution in [2.75, 3.05) is 11.9 Å². The van der Waals surface area contributed by atoms with Crippen molar-refractivity contribution in [2.45, 2.75) is 24.5 Å². The number of rotatable bonds is 3. The van der Waals surface area contributed by atoms with E-state index in [0.717, 1.165) is 16.6 Å². The molecule has 5 N–H and O–H groups in total. The van der Waals surface area contributed by atoms with Crippen LogP contribution in [0.2, 0.25) is 0 Å². The van der Waals surface area contributed by atoms with Gasteiger partial charge in [0.25, 0.3) is 0 Å². The molecule has 0 radical (unpaired) electrons. The molecule has 0 aliphatic carbocycles. The van der Waals surface area contributed by atoms with Gasteiger partial charge in [0.2, 0.25) is 0 Å². The fraction of sp³-hybridized carbons (Fsp3) is 0.278. The van der Waals surface area contributed by atoms with Crippen LogP contribution in [-0.2, 0) is 4.74 Å². The largest absolute Gasteiger partial charge is 0.388 e. The number of nitrogens with one attached hydrogen (secondary N) is 2. The summed E-state index contributed by atoms with van der Waals surface area (Å²) in [6.45, 7) is -0.0529. The van der Waals surface area contributed by atoms with E-state index >= 15 is 0 Å². The van der Waals surface area contributed by atoms with E-state index in [0.29, 0.717) is 11.5 Å².